The van der Waals surface area contributed by atoms with Crippen LogP contribution in [-0.2, 0) is 4.74 Å². The number of hydrogen-bond donors (Lipinski definition) is 2. The van der Waals surface area contributed by atoms with Gasteiger partial charge in [-0.2, -0.15) is 0 Å². The van der Waals surface area contributed by atoms with Gasteiger partial charge in [0, 0.05) is 30.9 Å². The third-order valence-corrected chi connectivity index (χ3v) is 4.25. The zero-order chi connectivity index (χ0) is 18.5. The summed E-state index contributed by atoms with van der Waals surface area (Å²) in [4.78, 5) is 12.2. The first-order chi connectivity index (χ1) is 12.5. The van der Waals surface area contributed by atoms with Crippen LogP contribution in [0.2, 0.25) is 0 Å². The van der Waals surface area contributed by atoms with E-state index in [0.717, 1.165) is 18.9 Å². The highest BCUT2D eigenvalue weighted by Crippen LogP contribution is 2.21. The van der Waals surface area contributed by atoms with Crippen LogP contribution in [0.5, 0.6) is 0 Å². The SMILES string of the molecule is CC(Nc1ccc(C(=O)NC2CCOCC2)nn1)c1ccc(F)cc1F. The van der Waals surface area contributed by atoms with Crippen molar-refractivity contribution in [2.75, 3.05) is 18.5 Å². The van der Waals surface area contributed by atoms with E-state index >= 15 is 0 Å². The zero-order valence-corrected chi connectivity index (χ0v) is 14.3. The van der Waals surface area contributed by atoms with E-state index in [2.05, 4.69) is 20.8 Å². The summed E-state index contributed by atoms with van der Waals surface area (Å²) in [5.41, 5.74) is 0.525. The van der Waals surface area contributed by atoms with E-state index in [0.29, 0.717) is 24.6 Å². The van der Waals surface area contributed by atoms with Gasteiger partial charge in [0.05, 0.1) is 6.04 Å². The van der Waals surface area contributed by atoms with Gasteiger partial charge < -0.3 is 15.4 Å². The minimum atomic E-state index is -0.634. The van der Waals surface area contributed by atoms with Crippen LogP contribution in [0.25, 0.3) is 0 Å². The standard InChI is InChI=1S/C18H20F2N4O2/c1-11(14-3-2-12(19)10-15(14)20)21-17-5-4-16(23-24-17)18(25)22-13-6-8-26-9-7-13/h2-5,10-11,13H,6-9H2,1H3,(H,21,24)(H,22,25). The lowest BCUT2D eigenvalue weighted by atomic mass is 10.1. The van der Waals surface area contributed by atoms with Crippen molar-refractivity contribution in [2.45, 2.75) is 31.8 Å². The van der Waals surface area contributed by atoms with Gasteiger partial charge in [-0.05, 0) is 38.0 Å². The summed E-state index contributed by atoms with van der Waals surface area (Å²) >= 11 is 0. The topological polar surface area (TPSA) is 76.1 Å². The molecule has 1 unspecified atom stereocenters. The Morgan fingerprint density at radius 3 is 2.62 bits per heavy atom. The van der Waals surface area contributed by atoms with Crippen molar-refractivity contribution in [3.63, 3.8) is 0 Å². The number of carbonyl (C=O) groups is 1. The van der Waals surface area contributed by atoms with E-state index in [1.807, 2.05) is 0 Å². The van der Waals surface area contributed by atoms with Gasteiger partial charge in [-0.3, -0.25) is 4.79 Å². The van der Waals surface area contributed by atoms with Crippen molar-refractivity contribution < 1.29 is 18.3 Å². The Bertz CT molecular complexity index is 764. The molecule has 138 valence electrons. The summed E-state index contributed by atoms with van der Waals surface area (Å²) in [5.74, 6) is -1.15. The molecule has 1 aliphatic heterocycles. The largest absolute Gasteiger partial charge is 0.381 e. The third kappa shape index (κ3) is 4.51. The molecule has 2 aromatic rings. The average Bonchev–Trinajstić information content (AvgIpc) is 2.63. The van der Waals surface area contributed by atoms with E-state index in [1.54, 1.807) is 19.1 Å². The van der Waals surface area contributed by atoms with Crippen LogP contribution in [-0.4, -0.2) is 35.4 Å². The van der Waals surface area contributed by atoms with Gasteiger partial charge in [0.1, 0.15) is 17.5 Å². The van der Waals surface area contributed by atoms with Crippen molar-refractivity contribution in [1.82, 2.24) is 15.5 Å². The van der Waals surface area contributed by atoms with E-state index < -0.39 is 17.7 Å². The molecule has 0 aliphatic carbocycles. The fourth-order valence-corrected chi connectivity index (χ4v) is 2.78. The number of benzene rings is 1. The minimum Gasteiger partial charge on any atom is -0.381 e. The fraction of sp³-hybridized carbons (Fsp3) is 0.389. The number of rotatable bonds is 5. The van der Waals surface area contributed by atoms with E-state index in [9.17, 15) is 13.6 Å². The first-order valence-corrected chi connectivity index (χ1v) is 8.47. The quantitative estimate of drug-likeness (QED) is 0.855. The Kier molecular flexibility index (Phi) is 5.72. The van der Waals surface area contributed by atoms with Crippen LogP contribution < -0.4 is 10.6 Å². The predicted octanol–water partition coefficient (Wildman–Crippen LogP) is 2.84. The molecule has 3 rings (SSSR count). The van der Waals surface area contributed by atoms with Crippen molar-refractivity contribution in [2.24, 2.45) is 0 Å². The van der Waals surface area contributed by atoms with Crippen LogP contribution in [0.3, 0.4) is 0 Å². The highest BCUT2D eigenvalue weighted by molar-refractivity contribution is 5.92. The van der Waals surface area contributed by atoms with Crippen LogP contribution in [0.4, 0.5) is 14.6 Å². The van der Waals surface area contributed by atoms with E-state index in [-0.39, 0.29) is 17.6 Å². The van der Waals surface area contributed by atoms with Gasteiger partial charge >= 0.3 is 0 Å². The van der Waals surface area contributed by atoms with Gasteiger partial charge in [0.25, 0.3) is 5.91 Å². The predicted molar refractivity (Wildman–Crippen MR) is 91.7 cm³/mol. The first-order valence-electron chi connectivity index (χ1n) is 8.47. The van der Waals surface area contributed by atoms with Crippen molar-refractivity contribution in [1.29, 1.82) is 0 Å². The molecule has 2 heterocycles. The number of anilines is 1. The molecule has 2 N–H and O–H groups in total. The van der Waals surface area contributed by atoms with Crippen LogP contribution in [0, 0.1) is 11.6 Å². The lowest BCUT2D eigenvalue weighted by Crippen LogP contribution is -2.39. The van der Waals surface area contributed by atoms with Gasteiger partial charge in [-0.1, -0.05) is 6.07 Å². The summed E-state index contributed by atoms with van der Waals surface area (Å²) in [6.45, 7) is 3.00. The summed E-state index contributed by atoms with van der Waals surface area (Å²) in [6.07, 6.45) is 1.55. The second-order valence-electron chi connectivity index (χ2n) is 6.20. The Hall–Kier alpha value is -2.61. The number of halogens is 2. The Morgan fingerprint density at radius 2 is 1.96 bits per heavy atom. The fourth-order valence-electron chi connectivity index (χ4n) is 2.78. The first kappa shape index (κ1) is 18.2. The van der Waals surface area contributed by atoms with Gasteiger partial charge in [0.2, 0.25) is 0 Å². The molecule has 1 atom stereocenters. The number of aromatic nitrogens is 2. The van der Waals surface area contributed by atoms with Crippen LogP contribution >= 0.6 is 0 Å². The molecule has 1 fully saturated rings. The lowest BCUT2D eigenvalue weighted by Gasteiger charge is -2.22. The van der Waals surface area contributed by atoms with E-state index in [4.69, 9.17) is 4.74 Å². The maximum absolute atomic E-state index is 13.8. The third-order valence-electron chi connectivity index (χ3n) is 4.25. The molecule has 6 nitrogen and oxygen atoms in total. The number of carbonyl (C=O) groups excluding carboxylic acids is 1. The van der Waals surface area contributed by atoms with E-state index in [1.165, 1.54) is 12.1 Å². The maximum atomic E-state index is 13.8. The van der Waals surface area contributed by atoms with Gasteiger partial charge in [-0.15, -0.1) is 10.2 Å². The van der Waals surface area contributed by atoms with Gasteiger partial charge in [0.15, 0.2) is 5.69 Å². The Labute approximate surface area is 150 Å². The van der Waals surface area contributed by atoms with Gasteiger partial charge in [-0.25, -0.2) is 8.78 Å². The molecule has 0 spiro atoms. The van der Waals surface area contributed by atoms with Crippen molar-refractivity contribution in [3.05, 3.63) is 53.2 Å². The molecule has 0 bridgehead atoms. The molecule has 1 amide bonds. The lowest BCUT2D eigenvalue weighted by molar-refractivity contribution is 0.0693. The number of nitrogens with zero attached hydrogens (tertiary/aromatic N) is 2. The second-order valence-corrected chi connectivity index (χ2v) is 6.20. The Balaban J connectivity index is 1.60. The Morgan fingerprint density at radius 1 is 1.19 bits per heavy atom. The molecule has 0 saturated carbocycles. The normalized spacial score (nSPS) is 16.1. The molecular weight excluding hydrogens is 342 g/mol. The number of hydrogen-bond acceptors (Lipinski definition) is 5. The summed E-state index contributed by atoms with van der Waals surface area (Å²) in [5, 5.41) is 13.8. The minimum absolute atomic E-state index is 0.0809. The summed E-state index contributed by atoms with van der Waals surface area (Å²) in [6, 6.07) is 6.21. The smallest absolute Gasteiger partial charge is 0.272 e. The summed E-state index contributed by atoms with van der Waals surface area (Å²) < 4.78 is 32.1. The summed E-state index contributed by atoms with van der Waals surface area (Å²) in [7, 11) is 0. The molecule has 1 aromatic heterocycles. The van der Waals surface area contributed by atoms with Crippen LogP contribution in [0.15, 0.2) is 30.3 Å². The molecule has 1 aliphatic rings. The number of ether oxygens (including phenoxy) is 1. The highest BCUT2D eigenvalue weighted by Gasteiger charge is 2.18. The van der Waals surface area contributed by atoms with Crippen LogP contribution in [0.1, 0.15) is 41.9 Å². The molecule has 1 saturated heterocycles. The van der Waals surface area contributed by atoms with Crippen molar-refractivity contribution in [3.8, 4) is 0 Å². The monoisotopic (exact) mass is 362 g/mol. The van der Waals surface area contributed by atoms with Crippen molar-refractivity contribution >= 4 is 11.7 Å². The highest BCUT2D eigenvalue weighted by atomic mass is 19.1. The second kappa shape index (κ2) is 8.18. The average molecular weight is 362 g/mol. The zero-order valence-electron chi connectivity index (χ0n) is 14.3. The maximum Gasteiger partial charge on any atom is 0.272 e. The molecule has 8 heteroatoms. The molecular formula is C18H20F2N4O2. The molecule has 0 radical (unpaired) electrons. The molecule has 1 aromatic carbocycles. The number of nitrogens with one attached hydrogen (secondary N) is 2. The molecule has 26 heavy (non-hydrogen) atoms. The number of amides is 1.